The minimum absolute atomic E-state index is 0. The molecule has 0 saturated carbocycles. The van der Waals surface area contributed by atoms with Gasteiger partial charge in [0.25, 0.3) is 0 Å². The van der Waals surface area contributed by atoms with Crippen molar-refractivity contribution >= 4 is 16.9 Å². The minimum Gasteiger partial charge on any atom is -0.545 e. The van der Waals surface area contributed by atoms with Crippen LogP contribution in [-0.4, -0.2) is 47.7 Å². The molecule has 3 fully saturated rings. The third-order valence-corrected chi connectivity index (χ3v) is 6.86. The maximum atomic E-state index is 11.8. The zero-order valence-electron chi connectivity index (χ0n) is 18.2. The second kappa shape index (κ2) is 9.63. The summed E-state index contributed by atoms with van der Waals surface area (Å²) >= 11 is 0. The van der Waals surface area contributed by atoms with Gasteiger partial charge in [0.1, 0.15) is 0 Å². The molecule has 0 amide bonds. The number of piperidine rings is 3. The molecule has 6 heteroatoms. The summed E-state index contributed by atoms with van der Waals surface area (Å²) < 4.78 is 2.17. The molecule has 0 aliphatic carbocycles. The quantitative estimate of drug-likeness (QED) is 0.524. The van der Waals surface area contributed by atoms with E-state index in [1.54, 1.807) is 6.07 Å². The van der Waals surface area contributed by atoms with Crippen LogP contribution in [0.1, 0.15) is 34.3 Å². The Hall–Kier alpha value is -2.03. The van der Waals surface area contributed by atoms with Gasteiger partial charge in [-0.3, -0.25) is 0 Å². The summed E-state index contributed by atoms with van der Waals surface area (Å²) in [5.41, 5.74) is 3.52. The van der Waals surface area contributed by atoms with Gasteiger partial charge in [0.2, 0.25) is 0 Å². The first kappa shape index (κ1) is 22.2. The van der Waals surface area contributed by atoms with Crippen molar-refractivity contribution in [1.29, 1.82) is 0 Å². The van der Waals surface area contributed by atoms with Gasteiger partial charge in [-0.1, -0.05) is 42.5 Å². The van der Waals surface area contributed by atoms with Crippen molar-refractivity contribution in [3.8, 4) is 0 Å². The normalized spacial score (nSPS) is 22.4. The van der Waals surface area contributed by atoms with E-state index in [2.05, 4.69) is 33.1 Å². The van der Waals surface area contributed by atoms with Crippen LogP contribution < -0.4 is 29.3 Å². The molecule has 1 unspecified atom stereocenters. The van der Waals surface area contributed by atoms with Crippen LogP contribution in [0.4, 0.5) is 0 Å². The molecule has 0 radical (unpaired) electrons. The Morgan fingerprint density at radius 1 is 1.06 bits per heavy atom. The van der Waals surface area contributed by atoms with E-state index in [-0.39, 0.29) is 24.4 Å². The van der Waals surface area contributed by atoms with Crippen LogP contribution >= 0.6 is 0 Å². The summed E-state index contributed by atoms with van der Waals surface area (Å²) in [5.74, 6) is -0.321. The Morgan fingerprint density at radius 2 is 1.84 bits per heavy atom. The third-order valence-electron chi connectivity index (χ3n) is 6.86. The van der Waals surface area contributed by atoms with Gasteiger partial charge in [-0.05, 0) is 62.0 Å². The number of nitrogens with zero attached hydrogens (tertiary/aromatic N) is 2. The van der Waals surface area contributed by atoms with Gasteiger partial charge in [0.05, 0.1) is 5.97 Å². The summed E-state index contributed by atoms with van der Waals surface area (Å²) in [7, 11) is 0. The monoisotopic (exact) mass is 409 g/mol. The molecule has 156 valence electrons. The van der Waals surface area contributed by atoms with E-state index < -0.39 is 5.97 Å². The summed E-state index contributed by atoms with van der Waals surface area (Å²) in [4.78, 5) is 14.4. The smallest absolute Gasteiger partial charge is 0.545 e. The van der Waals surface area contributed by atoms with E-state index in [4.69, 9.17) is 0 Å². The van der Waals surface area contributed by atoms with Gasteiger partial charge < -0.3 is 24.7 Å². The zero-order chi connectivity index (χ0) is 20.5. The van der Waals surface area contributed by atoms with E-state index in [0.717, 1.165) is 48.4 Å². The molecule has 2 aromatic carbocycles. The summed E-state index contributed by atoms with van der Waals surface area (Å²) in [6, 6.07) is 16.3. The molecule has 6 rings (SSSR count). The average Bonchev–Trinajstić information content (AvgIpc) is 3.13. The van der Waals surface area contributed by atoms with Crippen molar-refractivity contribution in [1.82, 2.24) is 14.8 Å². The predicted octanol–water partition coefficient (Wildman–Crippen LogP) is -0.717. The summed E-state index contributed by atoms with van der Waals surface area (Å²) in [6.45, 7) is 5.21. The zero-order valence-corrected chi connectivity index (χ0v) is 18.2. The minimum atomic E-state index is -1.11. The first-order chi connectivity index (χ1) is 14.7. The number of aromatic nitrogens is 1. The first-order valence-electron chi connectivity index (χ1n) is 11.0. The molecule has 2 bridgehead atoms. The maximum Gasteiger partial charge on any atom is 1.00 e. The first-order valence-corrected chi connectivity index (χ1v) is 11.0. The van der Waals surface area contributed by atoms with Crippen LogP contribution in [0, 0.1) is 5.92 Å². The molecular formula is C25H28LiN3O2. The second-order valence-electron chi connectivity index (χ2n) is 8.70. The van der Waals surface area contributed by atoms with Crippen molar-refractivity contribution in [2.75, 3.05) is 26.2 Å². The Kier molecular flexibility index (Phi) is 6.88. The number of fused-ring (bicyclic) bond motifs is 4. The number of hydrogen-bond donors (Lipinski definition) is 1. The number of hydrogen-bond acceptors (Lipinski definition) is 4. The van der Waals surface area contributed by atoms with Crippen molar-refractivity contribution in [2.45, 2.75) is 31.8 Å². The van der Waals surface area contributed by atoms with Gasteiger partial charge >= 0.3 is 18.9 Å². The number of carbonyl (C=O) groups is 1. The summed E-state index contributed by atoms with van der Waals surface area (Å²) in [5, 5.41) is 16.4. The fourth-order valence-corrected chi connectivity index (χ4v) is 5.30. The molecule has 1 N–H and O–H groups in total. The maximum absolute atomic E-state index is 11.8. The Morgan fingerprint density at radius 3 is 2.52 bits per heavy atom. The number of rotatable bonds is 7. The van der Waals surface area contributed by atoms with Crippen molar-refractivity contribution < 1.29 is 28.8 Å². The van der Waals surface area contributed by atoms with Crippen LogP contribution in [0.25, 0.3) is 10.9 Å². The molecule has 1 aromatic heterocycles. The summed E-state index contributed by atoms with van der Waals surface area (Å²) in [6.07, 6.45) is 5.53. The second-order valence-corrected chi connectivity index (χ2v) is 8.70. The molecule has 3 aliphatic rings. The Labute approximate surface area is 195 Å². The fourth-order valence-electron chi connectivity index (χ4n) is 5.30. The molecule has 1 atom stereocenters. The predicted molar refractivity (Wildman–Crippen MR) is 116 cm³/mol. The Balaban J connectivity index is 0.00000231. The van der Waals surface area contributed by atoms with Gasteiger partial charge in [-0.25, -0.2) is 0 Å². The van der Waals surface area contributed by atoms with Gasteiger partial charge in [0.15, 0.2) is 0 Å². The third kappa shape index (κ3) is 4.61. The van der Waals surface area contributed by atoms with Crippen molar-refractivity contribution in [3.05, 3.63) is 71.4 Å². The largest absolute Gasteiger partial charge is 1.00 e. The fraction of sp³-hybridized carbons (Fsp3) is 0.400. The molecule has 31 heavy (non-hydrogen) atoms. The Bertz CT molecular complexity index is 1040. The van der Waals surface area contributed by atoms with Crippen molar-refractivity contribution in [2.24, 2.45) is 5.92 Å². The van der Waals surface area contributed by atoms with Crippen LogP contribution in [0.5, 0.6) is 0 Å². The molecule has 3 aromatic rings. The van der Waals surface area contributed by atoms with Crippen LogP contribution in [0.15, 0.2) is 54.7 Å². The molecule has 0 spiro atoms. The number of carbonyl (C=O) groups excluding carboxylic acids is 1. The van der Waals surface area contributed by atoms with E-state index in [1.807, 2.05) is 30.3 Å². The number of nitrogens with one attached hydrogen (secondary N) is 1. The topological polar surface area (TPSA) is 60.3 Å². The van der Waals surface area contributed by atoms with E-state index >= 15 is 0 Å². The number of benzene rings is 2. The van der Waals surface area contributed by atoms with Gasteiger partial charge in [0, 0.05) is 41.8 Å². The molecule has 3 saturated heterocycles. The van der Waals surface area contributed by atoms with Crippen LogP contribution in [-0.2, 0) is 13.0 Å². The van der Waals surface area contributed by atoms with Gasteiger partial charge in [-0.2, -0.15) is 0 Å². The number of carboxylic acid groups (broad SMARTS) is 1. The molecule has 4 heterocycles. The molecule has 3 aliphatic heterocycles. The molecule has 5 nitrogen and oxygen atoms in total. The number of aromatic carboxylic acids is 1. The van der Waals surface area contributed by atoms with Crippen molar-refractivity contribution in [3.63, 3.8) is 0 Å². The average molecular weight is 409 g/mol. The van der Waals surface area contributed by atoms with Gasteiger partial charge in [-0.15, -0.1) is 0 Å². The van der Waals surface area contributed by atoms with E-state index in [0.29, 0.717) is 6.04 Å². The number of carboxylic acids is 1. The van der Waals surface area contributed by atoms with E-state index in [9.17, 15) is 9.90 Å². The van der Waals surface area contributed by atoms with Crippen LogP contribution in [0.2, 0.25) is 0 Å². The SMILES string of the molecule is O=C([O-])c1cccc2c1c(CCNC1CN3CCC1CC3)cn2Cc1ccccc1.[Li+]. The van der Waals surface area contributed by atoms with E-state index in [1.165, 1.54) is 31.5 Å². The standard InChI is InChI=1S/C25H29N3O2.Li/c29-25(30)21-7-4-8-23-24(21)20(16-28(23)15-18-5-2-1-3-6-18)9-12-26-22-17-27-13-10-19(22)11-14-27;/h1-8,16,19,22,26H,9-15,17H2,(H,29,30);/q;+1/p-1. The molecular weight excluding hydrogens is 381 g/mol. The van der Waals surface area contributed by atoms with Crippen LogP contribution in [0.3, 0.4) is 0 Å².